The minimum absolute atomic E-state index is 0.271. The van der Waals surface area contributed by atoms with Crippen molar-refractivity contribution in [3.05, 3.63) is 23.0 Å². The number of alkyl halides is 6. The summed E-state index contributed by atoms with van der Waals surface area (Å²) >= 11 is 0. The van der Waals surface area contributed by atoms with E-state index in [-0.39, 0.29) is 6.07 Å². The van der Waals surface area contributed by atoms with Gasteiger partial charge < -0.3 is 15.2 Å². The maximum absolute atomic E-state index is 12.8. The largest absolute Gasteiger partial charge is 0.573 e. The maximum Gasteiger partial charge on any atom is 0.573 e. The number of halogens is 6. The van der Waals surface area contributed by atoms with Gasteiger partial charge >= 0.3 is 18.5 Å². The first kappa shape index (κ1) is 17.0. The molecule has 0 amide bonds. The van der Waals surface area contributed by atoms with Gasteiger partial charge in [0.2, 0.25) is 0 Å². The van der Waals surface area contributed by atoms with Crippen molar-refractivity contribution in [3.63, 3.8) is 0 Å². The number of esters is 1. The molecule has 0 aliphatic carbocycles. The lowest BCUT2D eigenvalue weighted by atomic mass is 10.1. The molecule has 0 spiro atoms. The highest BCUT2D eigenvalue weighted by atomic mass is 19.4. The summed E-state index contributed by atoms with van der Waals surface area (Å²) in [5, 5.41) is 0. The monoisotopic (exact) mass is 318 g/mol. The Labute approximate surface area is 113 Å². The van der Waals surface area contributed by atoms with Crippen LogP contribution in [0.15, 0.2) is 6.07 Å². The fraction of sp³-hybridized carbons (Fsp3) is 0.400. The smallest absolute Gasteiger partial charge is 0.464 e. The number of pyridine rings is 1. The van der Waals surface area contributed by atoms with E-state index < -0.39 is 47.8 Å². The molecule has 2 N–H and O–H groups in total. The Balaban J connectivity index is 3.63. The predicted molar refractivity (Wildman–Crippen MR) is 55.2 cm³/mol. The Bertz CT molecular complexity index is 541. The minimum atomic E-state index is -5.45. The van der Waals surface area contributed by atoms with Crippen molar-refractivity contribution < 1.29 is 40.6 Å². The molecule has 0 fully saturated rings. The summed E-state index contributed by atoms with van der Waals surface area (Å²) in [7, 11) is 0.768. The lowest BCUT2D eigenvalue weighted by Gasteiger charge is -2.18. The molecule has 1 aromatic rings. The summed E-state index contributed by atoms with van der Waals surface area (Å²) in [6, 6.07) is 0.271. The fourth-order valence-electron chi connectivity index (χ4n) is 1.36. The zero-order chi connectivity index (χ0) is 16.4. The van der Waals surface area contributed by atoms with Gasteiger partial charge in [-0.1, -0.05) is 0 Å². The second-order valence-corrected chi connectivity index (χ2v) is 3.58. The molecular weight excluding hydrogens is 310 g/mol. The van der Waals surface area contributed by atoms with Crippen LogP contribution in [0.1, 0.15) is 21.7 Å². The van der Waals surface area contributed by atoms with E-state index in [1.54, 1.807) is 0 Å². The van der Waals surface area contributed by atoms with Gasteiger partial charge in [0.05, 0.1) is 12.8 Å². The molecule has 0 unspecified atom stereocenters. The third-order valence-electron chi connectivity index (χ3n) is 2.14. The second-order valence-electron chi connectivity index (χ2n) is 3.58. The van der Waals surface area contributed by atoms with Crippen LogP contribution in [0.4, 0.5) is 26.3 Å². The van der Waals surface area contributed by atoms with Crippen molar-refractivity contribution >= 4 is 5.97 Å². The van der Waals surface area contributed by atoms with Gasteiger partial charge in [-0.3, -0.25) is 0 Å². The van der Waals surface area contributed by atoms with Crippen LogP contribution < -0.4 is 10.5 Å². The molecule has 0 aliphatic heterocycles. The first-order valence-electron chi connectivity index (χ1n) is 5.15. The molecule has 21 heavy (non-hydrogen) atoms. The van der Waals surface area contributed by atoms with Crippen LogP contribution in [0.25, 0.3) is 0 Å². The molecule has 1 aromatic heterocycles. The third kappa shape index (κ3) is 4.21. The topological polar surface area (TPSA) is 74.4 Å². The average molecular weight is 318 g/mol. The second kappa shape index (κ2) is 5.76. The number of nitrogens with two attached hydrogens (primary N) is 1. The molecule has 0 atom stereocenters. The zero-order valence-corrected chi connectivity index (χ0v) is 10.3. The van der Waals surface area contributed by atoms with Crippen LogP contribution in [-0.2, 0) is 17.5 Å². The van der Waals surface area contributed by atoms with Crippen LogP contribution in [0.2, 0.25) is 0 Å². The predicted octanol–water partition coefficient (Wildman–Crippen LogP) is 2.24. The van der Waals surface area contributed by atoms with Gasteiger partial charge in [-0.2, -0.15) is 13.2 Å². The first-order valence-corrected chi connectivity index (χ1v) is 5.15. The van der Waals surface area contributed by atoms with Crippen LogP contribution in [0, 0.1) is 0 Å². The number of ether oxygens (including phenoxy) is 2. The van der Waals surface area contributed by atoms with E-state index >= 15 is 0 Å². The molecule has 0 aliphatic rings. The highest BCUT2D eigenvalue weighted by Gasteiger charge is 2.42. The lowest BCUT2D eigenvalue weighted by molar-refractivity contribution is -0.276. The zero-order valence-electron chi connectivity index (χ0n) is 10.3. The number of rotatable bonds is 3. The third-order valence-corrected chi connectivity index (χ3v) is 2.14. The number of aromatic nitrogens is 1. The van der Waals surface area contributed by atoms with E-state index in [9.17, 15) is 31.1 Å². The summed E-state index contributed by atoms with van der Waals surface area (Å²) in [6.45, 7) is -0.528. The molecule has 1 heterocycles. The Morgan fingerprint density at radius 3 is 2.24 bits per heavy atom. The number of carbonyl (C=O) groups excluding carboxylic acids is 1. The Morgan fingerprint density at radius 2 is 1.86 bits per heavy atom. The average Bonchev–Trinajstić information content (AvgIpc) is 2.34. The van der Waals surface area contributed by atoms with Crippen molar-refractivity contribution in [2.45, 2.75) is 19.1 Å². The summed E-state index contributed by atoms with van der Waals surface area (Å²) in [5.41, 5.74) is 1.58. The molecule has 0 aromatic carbocycles. The molecule has 118 valence electrons. The summed E-state index contributed by atoms with van der Waals surface area (Å²) < 4.78 is 82.6. The minimum Gasteiger partial charge on any atom is -0.464 e. The Kier molecular flexibility index (Phi) is 4.66. The van der Waals surface area contributed by atoms with E-state index in [1.165, 1.54) is 0 Å². The normalized spacial score (nSPS) is 12.2. The molecule has 0 saturated carbocycles. The summed E-state index contributed by atoms with van der Waals surface area (Å²) in [6.07, 6.45) is -10.7. The van der Waals surface area contributed by atoms with E-state index in [0.717, 1.165) is 7.11 Å². The Morgan fingerprint density at radius 1 is 1.29 bits per heavy atom. The summed E-state index contributed by atoms with van der Waals surface area (Å²) in [5.74, 6) is -3.30. The van der Waals surface area contributed by atoms with Gasteiger partial charge in [0.15, 0.2) is 11.4 Å². The molecule has 1 rings (SSSR count). The molecule has 5 nitrogen and oxygen atoms in total. The molecule has 0 radical (unpaired) electrons. The number of hydrogen-bond donors (Lipinski definition) is 1. The number of carbonyl (C=O) groups is 1. The van der Waals surface area contributed by atoms with Crippen molar-refractivity contribution in [2.24, 2.45) is 5.73 Å². The quantitative estimate of drug-likeness (QED) is 0.683. The first-order chi connectivity index (χ1) is 9.49. The van der Waals surface area contributed by atoms with Gasteiger partial charge in [0.1, 0.15) is 5.56 Å². The van der Waals surface area contributed by atoms with Crippen LogP contribution >= 0.6 is 0 Å². The SMILES string of the molecule is COC(=O)c1nc(CN)cc(C(F)(F)F)c1OC(F)(F)F. The highest BCUT2D eigenvalue weighted by molar-refractivity contribution is 5.91. The van der Waals surface area contributed by atoms with E-state index in [0.29, 0.717) is 0 Å². The van der Waals surface area contributed by atoms with Gasteiger partial charge in [0.25, 0.3) is 0 Å². The molecular formula is C10H8F6N2O3. The molecule has 0 saturated heterocycles. The van der Waals surface area contributed by atoms with E-state index in [2.05, 4.69) is 14.5 Å². The van der Waals surface area contributed by atoms with E-state index in [1.807, 2.05) is 0 Å². The standard InChI is InChI=1S/C10H8F6N2O3/c1-20-8(19)6-7(21-10(14,15)16)5(9(11,12)13)2-4(3-17)18-6/h2H,3,17H2,1H3. The van der Waals surface area contributed by atoms with Crippen molar-refractivity contribution in [1.29, 1.82) is 0 Å². The van der Waals surface area contributed by atoms with Gasteiger partial charge in [-0.05, 0) is 6.07 Å². The van der Waals surface area contributed by atoms with Gasteiger partial charge in [-0.25, -0.2) is 9.78 Å². The maximum atomic E-state index is 12.8. The highest BCUT2D eigenvalue weighted by Crippen LogP contribution is 2.40. The van der Waals surface area contributed by atoms with Crippen LogP contribution in [-0.4, -0.2) is 24.4 Å². The lowest BCUT2D eigenvalue weighted by Crippen LogP contribution is -2.24. The fourth-order valence-corrected chi connectivity index (χ4v) is 1.36. The van der Waals surface area contributed by atoms with Crippen molar-refractivity contribution in [1.82, 2.24) is 4.98 Å². The number of nitrogens with zero attached hydrogens (tertiary/aromatic N) is 1. The number of methoxy groups -OCH3 is 1. The van der Waals surface area contributed by atoms with Crippen molar-refractivity contribution in [2.75, 3.05) is 7.11 Å². The van der Waals surface area contributed by atoms with Crippen LogP contribution in [0.3, 0.4) is 0 Å². The molecule has 0 bridgehead atoms. The molecule has 11 heteroatoms. The van der Waals surface area contributed by atoms with Crippen LogP contribution in [0.5, 0.6) is 5.75 Å². The summed E-state index contributed by atoms with van der Waals surface area (Å²) in [4.78, 5) is 14.6. The Hall–Kier alpha value is -2.04. The van der Waals surface area contributed by atoms with Gasteiger partial charge in [0, 0.05) is 6.54 Å². The van der Waals surface area contributed by atoms with Crippen molar-refractivity contribution in [3.8, 4) is 5.75 Å². The number of hydrogen-bond acceptors (Lipinski definition) is 5. The van der Waals surface area contributed by atoms with E-state index in [4.69, 9.17) is 5.73 Å². The van der Waals surface area contributed by atoms with Gasteiger partial charge in [-0.15, -0.1) is 13.2 Å².